The van der Waals surface area contributed by atoms with Crippen molar-refractivity contribution in [2.45, 2.75) is 19.3 Å². The second-order valence-corrected chi connectivity index (χ2v) is 7.58. The molecule has 0 bridgehead atoms. The number of carbonyl (C=O) groups is 1. The predicted octanol–water partition coefficient (Wildman–Crippen LogP) is 1.51. The SMILES string of the molecule is O=Cc1cccc2nc(CC3CCCS(=O)(=O)C3)cn12. The lowest BCUT2D eigenvalue weighted by atomic mass is 10.00. The van der Waals surface area contributed by atoms with Crippen molar-refractivity contribution in [3.8, 4) is 0 Å². The predicted molar refractivity (Wildman–Crippen MR) is 75.7 cm³/mol. The Morgan fingerprint density at radius 2 is 2.25 bits per heavy atom. The lowest BCUT2D eigenvalue weighted by Crippen LogP contribution is -2.26. The number of rotatable bonds is 3. The number of pyridine rings is 1. The molecule has 20 heavy (non-hydrogen) atoms. The summed E-state index contributed by atoms with van der Waals surface area (Å²) in [7, 11) is -2.89. The van der Waals surface area contributed by atoms with Gasteiger partial charge in [0.25, 0.3) is 0 Å². The summed E-state index contributed by atoms with van der Waals surface area (Å²) in [4.78, 5) is 15.4. The summed E-state index contributed by atoms with van der Waals surface area (Å²) in [5.74, 6) is 0.698. The van der Waals surface area contributed by atoms with Gasteiger partial charge in [0.2, 0.25) is 0 Å². The Morgan fingerprint density at radius 3 is 3.00 bits per heavy atom. The number of imidazole rings is 1. The van der Waals surface area contributed by atoms with Gasteiger partial charge in [0.15, 0.2) is 16.1 Å². The fourth-order valence-corrected chi connectivity index (χ4v) is 4.63. The molecule has 1 saturated heterocycles. The summed E-state index contributed by atoms with van der Waals surface area (Å²) in [5, 5.41) is 0. The van der Waals surface area contributed by atoms with E-state index in [0.29, 0.717) is 17.9 Å². The normalized spacial score (nSPS) is 21.9. The van der Waals surface area contributed by atoms with Gasteiger partial charge in [-0.1, -0.05) is 6.07 Å². The van der Waals surface area contributed by atoms with Crippen LogP contribution in [0, 0.1) is 5.92 Å². The number of hydrogen-bond donors (Lipinski definition) is 0. The van der Waals surface area contributed by atoms with E-state index in [9.17, 15) is 13.2 Å². The summed E-state index contributed by atoms with van der Waals surface area (Å²) in [6.07, 6.45) is 4.94. The van der Waals surface area contributed by atoms with E-state index in [-0.39, 0.29) is 11.7 Å². The zero-order chi connectivity index (χ0) is 14.2. The van der Waals surface area contributed by atoms with E-state index in [2.05, 4.69) is 4.98 Å². The summed E-state index contributed by atoms with van der Waals surface area (Å²) in [6.45, 7) is 0. The van der Waals surface area contributed by atoms with Gasteiger partial charge in [-0.25, -0.2) is 13.4 Å². The smallest absolute Gasteiger partial charge is 0.166 e. The van der Waals surface area contributed by atoms with Gasteiger partial charge in [0.1, 0.15) is 5.65 Å². The van der Waals surface area contributed by atoms with Gasteiger partial charge in [-0.3, -0.25) is 9.20 Å². The number of nitrogens with zero attached hydrogens (tertiary/aromatic N) is 2. The molecule has 1 aliphatic heterocycles. The van der Waals surface area contributed by atoms with Crippen molar-refractivity contribution in [1.82, 2.24) is 9.38 Å². The van der Waals surface area contributed by atoms with Gasteiger partial charge in [-0.05, 0) is 37.3 Å². The molecule has 0 aliphatic carbocycles. The lowest BCUT2D eigenvalue weighted by molar-refractivity contribution is 0.111. The molecule has 1 unspecified atom stereocenters. The summed E-state index contributed by atoms with van der Waals surface area (Å²) >= 11 is 0. The molecule has 0 N–H and O–H groups in total. The van der Waals surface area contributed by atoms with Gasteiger partial charge >= 0.3 is 0 Å². The molecular formula is C14H16N2O3S. The van der Waals surface area contributed by atoms with Crippen LogP contribution in [-0.2, 0) is 16.3 Å². The highest BCUT2D eigenvalue weighted by Gasteiger charge is 2.25. The molecule has 6 heteroatoms. The standard InChI is InChI=1S/C14H16N2O3S/c17-9-13-4-1-5-14-15-12(8-16(13)14)7-11-3-2-6-20(18,19)10-11/h1,4-5,8-9,11H,2-3,6-7,10H2. The molecular weight excluding hydrogens is 276 g/mol. The summed E-state index contributed by atoms with van der Waals surface area (Å²) in [5.41, 5.74) is 2.13. The lowest BCUT2D eigenvalue weighted by Gasteiger charge is -2.20. The largest absolute Gasteiger partial charge is 0.297 e. The minimum Gasteiger partial charge on any atom is -0.297 e. The molecule has 1 aliphatic rings. The van der Waals surface area contributed by atoms with Crippen molar-refractivity contribution in [2.75, 3.05) is 11.5 Å². The van der Waals surface area contributed by atoms with E-state index in [1.807, 2.05) is 12.3 Å². The first kappa shape index (κ1) is 13.3. The molecule has 0 radical (unpaired) electrons. The second kappa shape index (κ2) is 5.01. The number of fused-ring (bicyclic) bond motifs is 1. The molecule has 0 amide bonds. The minimum atomic E-state index is -2.89. The van der Waals surface area contributed by atoms with Gasteiger partial charge in [-0.15, -0.1) is 0 Å². The van der Waals surface area contributed by atoms with Gasteiger partial charge in [0, 0.05) is 6.20 Å². The zero-order valence-electron chi connectivity index (χ0n) is 11.0. The number of sulfone groups is 1. The molecule has 0 aromatic carbocycles. The maximum absolute atomic E-state index is 11.7. The van der Waals surface area contributed by atoms with E-state index in [1.165, 1.54) is 0 Å². The number of aromatic nitrogens is 2. The Hall–Kier alpha value is -1.69. The molecule has 106 valence electrons. The molecule has 0 saturated carbocycles. The van der Waals surface area contributed by atoms with Gasteiger partial charge < -0.3 is 0 Å². The average Bonchev–Trinajstić information content (AvgIpc) is 2.79. The third-order valence-electron chi connectivity index (χ3n) is 3.75. The minimum absolute atomic E-state index is 0.137. The van der Waals surface area contributed by atoms with E-state index in [4.69, 9.17) is 0 Å². The maximum atomic E-state index is 11.7. The van der Waals surface area contributed by atoms with Crippen LogP contribution >= 0.6 is 0 Å². The van der Waals surface area contributed by atoms with E-state index < -0.39 is 9.84 Å². The van der Waals surface area contributed by atoms with Crippen molar-refractivity contribution >= 4 is 21.8 Å². The van der Waals surface area contributed by atoms with E-state index >= 15 is 0 Å². The van der Waals surface area contributed by atoms with Gasteiger partial charge in [-0.2, -0.15) is 0 Å². The monoisotopic (exact) mass is 292 g/mol. The Balaban J connectivity index is 1.86. The highest BCUT2D eigenvalue weighted by molar-refractivity contribution is 7.91. The molecule has 2 aromatic heterocycles. The Kier molecular flexibility index (Phi) is 3.33. The van der Waals surface area contributed by atoms with Crippen molar-refractivity contribution in [3.05, 3.63) is 35.8 Å². The van der Waals surface area contributed by atoms with Crippen LogP contribution in [0.3, 0.4) is 0 Å². The molecule has 3 heterocycles. The molecule has 0 spiro atoms. The topological polar surface area (TPSA) is 68.5 Å². The third-order valence-corrected chi connectivity index (χ3v) is 5.64. The molecule has 1 fully saturated rings. The van der Waals surface area contributed by atoms with Gasteiger partial charge in [0.05, 0.1) is 22.9 Å². The first-order valence-electron chi connectivity index (χ1n) is 6.70. The first-order valence-corrected chi connectivity index (χ1v) is 8.52. The third kappa shape index (κ3) is 2.60. The molecule has 2 aromatic rings. The van der Waals surface area contributed by atoms with E-state index in [0.717, 1.165) is 30.5 Å². The van der Waals surface area contributed by atoms with Crippen molar-refractivity contribution in [2.24, 2.45) is 5.92 Å². The van der Waals surface area contributed by atoms with Crippen LogP contribution in [0.25, 0.3) is 5.65 Å². The summed E-state index contributed by atoms with van der Waals surface area (Å²) < 4.78 is 25.1. The van der Waals surface area contributed by atoms with Crippen LogP contribution < -0.4 is 0 Å². The van der Waals surface area contributed by atoms with Crippen LogP contribution in [0.5, 0.6) is 0 Å². The Morgan fingerprint density at radius 1 is 1.40 bits per heavy atom. The average molecular weight is 292 g/mol. The Bertz CT molecular complexity index is 749. The number of aldehydes is 1. The quantitative estimate of drug-likeness (QED) is 0.804. The van der Waals surface area contributed by atoms with Crippen LogP contribution in [0.2, 0.25) is 0 Å². The fraction of sp³-hybridized carbons (Fsp3) is 0.429. The number of hydrogen-bond acceptors (Lipinski definition) is 4. The van der Waals surface area contributed by atoms with Crippen molar-refractivity contribution in [3.63, 3.8) is 0 Å². The molecule has 3 rings (SSSR count). The molecule has 1 atom stereocenters. The summed E-state index contributed by atoms with van der Waals surface area (Å²) in [6, 6.07) is 5.37. The number of carbonyl (C=O) groups excluding carboxylic acids is 1. The van der Waals surface area contributed by atoms with Crippen LogP contribution in [0.4, 0.5) is 0 Å². The Labute approximate surface area is 117 Å². The van der Waals surface area contributed by atoms with Crippen molar-refractivity contribution < 1.29 is 13.2 Å². The van der Waals surface area contributed by atoms with E-state index in [1.54, 1.807) is 16.5 Å². The first-order chi connectivity index (χ1) is 9.57. The molecule has 5 nitrogen and oxygen atoms in total. The zero-order valence-corrected chi connectivity index (χ0v) is 11.8. The highest BCUT2D eigenvalue weighted by atomic mass is 32.2. The van der Waals surface area contributed by atoms with Crippen LogP contribution in [-0.4, -0.2) is 35.6 Å². The second-order valence-electron chi connectivity index (χ2n) is 5.36. The fourth-order valence-electron chi connectivity index (χ4n) is 2.85. The van der Waals surface area contributed by atoms with Crippen molar-refractivity contribution in [1.29, 1.82) is 0 Å². The van der Waals surface area contributed by atoms with Crippen LogP contribution in [0.1, 0.15) is 29.0 Å². The maximum Gasteiger partial charge on any atom is 0.166 e. The highest BCUT2D eigenvalue weighted by Crippen LogP contribution is 2.22. The van der Waals surface area contributed by atoms with Crippen LogP contribution in [0.15, 0.2) is 24.4 Å².